The predicted molar refractivity (Wildman–Crippen MR) is 119 cm³/mol. The summed E-state index contributed by atoms with van der Waals surface area (Å²) >= 11 is 0. The van der Waals surface area contributed by atoms with Crippen molar-refractivity contribution in [2.45, 2.75) is 85.4 Å². The van der Waals surface area contributed by atoms with Crippen LogP contribution in [-0.2, 0) is 5.41 Å². The summed E-state index contributed by atoms with van der Waals surface area (Å²) in [6.07, 6.45) is 2.42. The van der Waals surface area contributed by atoms with Gasteiger partial charge in [-0.1, -0.05) is 87.2 Å². The molecule has 0 fully saturated rings. The third-order valence-corrected chi connectivity index (χ3v) is 12.5. The molecule has 1 atom stereocenters. The van der Waals surface area contributed by atoms with Crippen molar-refractivity contribution in [1.29, 1.82) is 0 Å². The molecule has 1 aromatic carbocycles. The predicted octanol–water partition coefficient (Wildman–Crippen LogP) is 6.66. The summed E-state index contributed by atoms with van der Waals surface area (Å²) in [6.45, 7) is 20.9. The maximum absolute atomic E-state index is 6.12. The van der Waals surface area contributed by atoms with Gasteiger partial charge >= 0.3 is 0 Å². The molecule has 0 saturated carbocycles. The molecule has 0 aliphatic heterocycles. The van der Waals surface area contributed by atoms with Crippen LogP contribution in [0.5, 0.6) is 5.75 Å². The van der Waals surface area contributed by atoms with Crippen LogP contribution in [0.2, 0.25) is 17.6 Å². The highest BCUT2D eigenvalue weighted by molar-refractivity contribution is 6.94. The molecule has 2 rings (SSSR count). The van der Waals surface area contributed by atoms with E-state index in [9.17, 15) is 0 Å². The highest BCUT2D eigenvalue weighted by Crippen LogP contribution is 2.48. The van der Waals surface area contributed by atoms with Crippen molar-refractivity contribution in [2.75, 3.05) is 7.11 Å². The molecule has 1 nitrogen and oxygen atoms in total. The van der Waals surface area contributed by atoms with Crippen molar-refractivity contribution in [3.8, 4) is 5.75 Å². The first-order chi connectivity index (χ1) is 12.0. The Bertz CT molecular complexity index is 742. The Labute approximate surface area is 162 Å². The van der Waals surface area contributed by atoms with Gasteiger partial charge in [0.05, 0.1) is 7.11 Å². The zero-order valence-corrected chi connectivity index (χ0v) is 19.6. The number of ether oxygens (including phenoxy) is 1. The van der Waals surface area contributed by atoms with Crippen LogP contribution in [0.4, 0.5) is 0 Å². The maximum Gasteiger partial charge on any atom is 0.121 e. The second-order valence-electron chi connectivity index (χ2n) is 9.19. The fourth-order valence-corrected chi connectivity index (χ4v) is 10.7. The largest absolute Gasteiger partial charge is 0.497 e. The van der Waals surface area contributed by atoms with Crippen LogP contribution in [0.1, 0.15) is 66.5 Å². The van der Waals surface area contributed by atoms with Crippen LogP contribution in [-0.4, -0.2) is 15.2 Å². The number of allylic oxidation sites excluding steroid dienone is 4. The molecule has 0 N–H and O–H groups in total. The van der Waals surface area contributed by atoms with Crippen molar-refractivity contribution in [3.05, 3.63) is 46.1 Å². The number of hydrogen-bond acceptors (Lipinski definition) is 1. The van der Waals surface area contributed by atoms with Crippen LogP contribution in [0.15, 0.2) is 34.9 Å². The number of methoxy groups -OCH3 is 1. The Morgan fingerprint density at radius 3 is 1.96 bits per heavy atom. The highest BCUT2D eigenvalue weighted by atomic mass is 28.3. The summed E-state index contributed by atoms with van der Waals surface area (Å²) in [5.41, 5.74) is 7.99. The summed E-state index contributed by atoms with van der Waals surface area (Å²) < 4.78 is 6.12. The molecule has 0 spiro atoms. The minimum absolute atomic E-state index is 0.0785. The fourth-order valence-electron chi connectivity index (χ4n) is 5.07. The van der Waals surface area contributed by atoms with Gasteiger partial charge in [0.15, 0.2) is 0 Å². The average Bonchev–Trinajstić information content (AvgIpc) is 2.82. The molecule has 1 aliphatic carbocycles. The zero-order chi connectivity index (χ0) is 19.9. The number of benzene rings is 1. The lowest BCUT2D eigenvalue weighted by atomic mass is 9.85. The van der Waals surface area contributed by atoms with Crippen LogP contribution in [0.3, 0.4) is 0 Å². The third kappa shape index (κ3) is 3.33. The Morgan fingerprint density at radius 2 is 1.58 bits per heavy atom. The molecule has 0 heterocycles. The van der Waals surface area contributed by atoms with E-state index < -0.39 is 8.07 Å². The van der Waals surface area contributed by atoms with Gasteiger partial charge in [0, 0.05) is 5.54 Å². The first kappa shape index (κ1) is 21.0. The molecule has 0 saturated heterocycles. The molecule has 0 aromatic heterocycles. The molecule has 26 heavy (non-hydrogen) atoms. The van der Waals surface area contributed by atoms with Gasteiger partial charge in [-0.2, -0.15) is 0 Å². The lowest BCUT2D eigenvalue weighted by Gasteiger charge is -2.40. The van der Waals surface area contributed by atoms with Crippen LogP contribution >= 0.6 is 0 Å². The van der Waals surface area contributed by atoms with Crippen LogP contribution in [0.25, 0.3) is 0 Å². The molecule has 1 unspecified atom stereocenters. The minimum Gasteiger partial charge on any atom is -0.497 e. The summed E-state index contributed by atoms with van der Waals surface area (Å²) in [5.74, 6) is 1.16. The standard InChI is InChI=1S/C24H38OSi/c1-11-26(12-2,23-18(5)15-17(4)19(23)6)21-14-16(3)13-20(22(21)25-10)24(7,8)9/h13-15,23H,11-12H2,1-10H3. The topological polar surface area (TPSA) is 9.23 Å². The first-order valence-corrected chi connectivity index (χ1v) is 12.6. The quantitative estimate of drug-likeness (QED) is 0.526. The van der Waals surface area contributed by atoms with Crippen LogP contribution in [0, 0.1) is 6.92 Å². The summed E-state index contributed by atoms with van der Waals surface area (Å²) in [7, 11) is 0.0476. The third-order valence-electron chi connectivity index (χ3n) is 6.55. The number of aryl methyl sites for hydroxylation is 1. The number of rotatable bonds is 5. The van der Waals surface area contributed by atoms with Crippen LogP contribution < -0.4 is 9.92 Å². The van der Waals surface area contributed by atoms with Gasteiger partial charge in [0.1, 0.15) is 13.8 Å². The Hall–Kier alpha value is -1.28. The second kappa shape index (κ2) is 7.38. The molecule has 1 aromatic rings. The zero-order valence-electron chi connectivity index (χ0n) is 18.6. The van der Waals surface area contributed by atoms with E-state index >= 15 is 0 Å². The van der Waals surface area contributed by atoms with Crippen molar-refractivity contribution in [2.24, 2.45) is 0 Å². The Morgan fingerprint density at radius 1 is 1.00 bits per heavy atom. The first-order valence-electron chi connectivity index (χ1n) is 10.1. The van der Waals surface area contributed by atoms with Gasteiger partial charge in [-0.15, -0.1) is 0 Å². The van der Waals surface area contributed by atoms with Gasteiger partial charge in [-0.05, 0) is 43.9 Å². The van der Waals surface area contributed by atoms with E-state index in [-0.39, 0.29) is 5.41 Å². The van der Waals surface area contributed by atoms with Gasteiger partial charge in [0.2, 0.25) is 0 Å². The molecule has 1 aliphatic rings. The molecule has 0 bridgehead atoms. The lowest BCUT2D eigenvalue weighted by Crippen LogP contribution is -2.52. The summed E-state index contributed by atoms with van der Waals surface area (Å²) in [6, 6.07) is 7.26. The molecule has 0 radical (unpaired) electrons. The molecule has 144 valence electrons. The maximum atomic E-state index is 6.12. The summed E-state index contributed by atoms with van der Waals surface area (Å²) in [5, 5.41) is 1.53. The van der Waals surface area contributed by atoms with Crippen molar-refractivity contribution in [1.82, 2.24) is 0 Å². The van der Waals surface area contributed by atoms with E-state index in [2.05, 4.69) is 80.5 Å². The Kier molecular flexibility index (Phi) is 5.97. The SMILES string of the molecule is CC[Si](CC)(c1cc(C)cc(C(C)(C)C)c1OC)C1C(C)=CC(C)=C1C. The monoisotopic (exact) mass is 370 g/mol. The molecular formula is C24H38OSi. The van der Waals surface area contributed by atoms with E-state index in [1.165, 1.54) is 34.0 Å². The fraction of sp³-hybridized carbons (Fsp3) is 0.583. The van der Waals surface area contributed by atoms with Gasteiger partial charge in [-0.3, -0.25) is 0 Å². The molecule has 2 heteroatoms. The van der Waals surface area contributed by atoms with Gasteiger partial charge in [-0.25, -0.2) is 0 Å². The highest BCUT2D eigenvalue weighted by Gasteiger charge is 2.46. The van der Waals surface area contributed by atoms with Gasteiger partial charge in [0.25, 0.3) is 0 Å². The van der Waals surface area contributed by atoms with Crippen molar-refractivity contribution < 1.29 is 4.74 Å². The summed E-state index contributed by atoms with van der Waals surface area (Å²) in [4.78, 5) is 0. The molecule has 0 amide bonds. The second-order valence-corrected chi connectivity index (χ2v) is 14.0. The van der Waals surface area contributed by atoms with E-state index in [4.69, 9.17) is 4.74 Å². The smallest absolute Gasteiger partial charge is 0.121 e. The van der Waals surface area contributed by atoms with E-state index in [0.717, 1.165) is 5.75 Å². The van der Waals surface area contributed by atoms with E-state index in [1.54, 1.807) is 11.1 Å². The van der Waals surface area contributed by atoms with Crippen molar-refractivity contribution >= 4 is 13.3 Å². The molecular weight excluding hydrogens is 332 g/mol. The van der Waals surface area contributed by atoms with E-state index in [1.807, 2.05) is 7.11 Å². The minimum atomic E-state index is -1.81. The normalized spacial score (nSPS) is 18.4. The van der Waals surface area contributed by atoms with Crippen molar-refractivity contribution in [3.63, 3.8) is 0 Å². The lowest BCUT2D eigenvalue weighted by molar-refractivity contribution is 0.400. The Balaban J connectivity index is 2.85. The number of hydrogen-bond donors (Lipinski definition) is 0. The van der Waals surface area contributed by atoms with E-state index in [0.29, 0.717) is 5.54 Å². The van der Waals surface area contributed by atoms with Gasteiger partial charge < -0.3 is 4.74 Å². The average molecular weight is 371 g/mol.